The van der Waals surface area contributed by atoms with Crippen LogP contribution in [0.4, 0.5) is 13.2 Å². The van der Waals surface area contributed by atoms with E-state index in [1.807, 2.05) is 0 Å². The third kappa shape index (κ3) is 6.29. The minimum absolute atomic E-state index is 0.0543. The Morgan fingerprint density at radius 1 is 1.44 bits per heavy atom. The smallest absolute Gasteiger partial charge is 0.313 e. The second kappa shape index (κ2) is 7.60. The lowest BCUT2D eigenvalue weighted by Crippen LogP contribution is -2.44. The van der Waals surface area contributed by atoms with E-state index in [4.69, 9.17) is 0 Å². The summed E-state index contributed by atoms with van der Waals surface area (Å²) >= 11 is 0.0543. The molecule has 1 rings (SSSR count). The highest BCUT2D eigenvalue weighted by atomic mass is 32.2. The van der Waals surface area contributed by atoms with Gasteiger partial charge in [-0.3, -0.25) is 0 Å². The molecule has 0 saturated carbocycles. The van der Waals surface area contributed by atoms with Crippen molar-refractivity contribution in [2.24, 2.45) is 5.92 Å². The van der Waals surface area contributed by atoms with Gasteiger partial charge in [0, 0.05) is 24.9 Å². The molecule has 1 heterocycles. The van der Waals surface area contributed by atoms with E-state index in [1.165, 1.54) is 12.8 Å². The van der Waals surface area contributed by atoms with Crippen molar-refractivity contribution in [3.63, 3.8) is 0 Å². The lowest BCUT2D eigenvalue weighted by Gasteiger charge is -2.35. The average Bonchev–Trinajstić information content (AvgIpc) is 2.33. The Hall–Kier alpha value is 0.0600. The first-order chi connectivity index (χ1) is 8.42. The lowest BCUT2D eigenvalue weighted by molar-refractivity contribution is -0.0327. The average molecular weight is 284 g/mol. The van der Waals surface area contributed by atoms with Gasteiger partial charge < -0.3 is 10.2 Å². The molecule has 108 valence electrons. The second-order valence-corrected chi connectivity index (χ2v) is 5.99. The number of hydrogen-bond acceptors (Lipinski definition) is 3. The zero-order chi connectivity index (χ0) is 13.6. The van der Waals surface area contributed by atoms with E-state index >= 15 is 0 Å². The fourth-order valence-electron chi connectivity index (χ4n) is 2.41. The quantitative estimate of drug-likeness (QED) is 0.755. The van der Waals surface area contributed by atoms with Gasteiger partial charge in [-0.2, -0.15) is 13.2 Å². The van der Waals surface area contributed by atoms with Crippen LogP contribution in [0.2, 0.25) is 0 Å². The van der Waals surface area contributed by atoms with Gasteiger partial charge in [0.1, 0.15) is 0 Å². The number of piperidine rings is 1. The number of alkyl halides is 3. The number of rotatable bonds is 6. The minimum Gasteiger partial charge on any atom is -0.313 e. The molecule has 0 spiro atoms. The zero-order valence-corrected chi connectivity index (χ0v) is 11.9. The summed E-state index contributed by atoms with van der Waals surface area (Å²) in [5.74, 6) is 0.660. The molecule has 1 N–H and O–H groups in total. The van der Waals surface area contributed by atoms with Gasteiger partial charge in [-0.1, -0.05) is 6.92 Å². The molecule has 1 fully saturated rings. The monoisotopic (exact) mass is 284 g/mol. The SMILES string of the molecule is CCN1CCCC(C(C)NCCSC(F)(F)F)C1. The molecular weight excluding hydrogens is 261 g/mol. The van der Waals surface area contributed by atoms with E-state index in [0.717, 1.165) is 19.6 Å². The third-order valence-electron chi connectivity index (χ3n) is 3.53. The predicted octanol–water partition coefficient (Wildman–Crippen LogP) is 2.95. The fourth-order valence-corrected chi connectivity index (χ4v) is 2.86. The molecule has 1 saturated heterocycles. The number of halogens is 3. The van der Waals surface area contributed by atoms with Crippen LogP contribution in [0.3, 0.4) is 0 Å². The first-order valence-electron chi connectivity index (χ1n) is 6.58. The molecule has 6 heteroatoms. The van der Waals surface area contributed by atoms with Gasteiger partial charge in [-0.05, 0) is 50.5 Å². The van der Waals surface area contributed by atoms with Crippen LogP contribution in [0.5, 0.6) is 0 Å². The summed E-state index contributed by atoms with van der Waals surface area (Å²) in [4.78, 5) is 2.41. The Bertz CT molecular complexity index is 236. The van der Waals surface area contributed by atoms with Gasteiger partial charge >= 0.3 is 5.51 Å². The van der Waals surface area contributed by atoms with Crippen molar-refractivity contribution in [1.29, 1.82) is 0 Å². The van der Waals surface area contributed by atoms with Crippen molar-refractivity contribution in [1.82, 2.24) is 10.2 Å². The van der Waals surface area contributed by atoms with Crippen LogP contribution in [0.15, 0.2) is 0 Å². The van der Waals surface area contributed by atoms with E-state index in [0.29, 0.717) is 18.5 Å². The van der Waals surface area contributed by atoms with Crippen LogP contribution < -0.4 is 5.32 Å². The predicted molar refractivity (Wildman–Crippen MR) is 70.8 cm³/mol. The molecule has 1 aliphatic rings. The lowest BCUT2D eigenvalue weighted by atomic mass is 9.91. The summed E-state index contributed by atoms with van der Waals surface area (Å²) in [5.41, 5.74) is -4.10. The first-order valence-corrected chi connectivity index (χ1v) is 7.57. The van der Waals surface area contributed by atoms with E-state index in [2.05, 4.69) is 24.1 Å². The second-order valence-electron chi connectivity index (χ2n) is 4.83. The molecule has 0 radical (unpaired) electrons. The van der Waals surface area contributed by atoms with Crippen molar-refractivity contribution in [3.05, 3.63) is 0 Å². The van der Waals surface area contributed by atoms with Gasteiger partial charge in [0.15, 0.2) is 0 Å². The summed E-state index contributed by atoms with van der Waals surface area (Å²) in [6, 6.07) is 0.299. The van der Waals surface area contributed by atoms with Crippen molar-refractivity contribution in [2.75, 3.05) is 31.9 Å². The van der Waals surface area contributed by atoms with Gasteiger partial charge in [0.25, 0.3) is 0 Å². The first kappa shape index (κ1) is 16.1. The summed E-state index contributed by atoms with van der Waals surface area (Å²) in [6.45, 7) is 7.95. The molecule has 18 heavy (non-hydrogen) atoms. The van der Waals surface area contributed by atoms with Gasteiger partial charge in [-0.15, -0.1) is 0 Å². The van der Waals surface area contributed by atoms with Gasteiger partial charge in [0.05, 0.1) is 0 Å². The van der Waals surface area contributed by atoms with Crippen LogP contribution in [0.25, 0.3) is 0 Å². The molecule has 0 bridgehead atoms. The van der Waals surface area contributed by atoms with E-state index in [1.54, 1.807) is 0 Å². The highest BCUT2D eigenvalue weighted by Crippen LogP contribution is 2.29. The molecule has 2 nitrogen and oxygen atoms in total. The summed E-state index contributed by atoms with van der Waals surface area (Å²) in [7, 11) is 0. The highest BCUT2D eigenvalue weighted by molar-refractivity contribution is 8.00. The van der Waals surface area contributed by atoms with E-state index in [-0.39, 0.29) is 17.5 Å². The summed E-state index contributed by atoms with van der Waals surface area (Å²) < 4.78 is 35.9. The van der Waals surface area contributed by atoms with Crippen LogP contribution in [-0.2, 0) is 0 Å². The fraction of sp³-hybridized carbons (Fsp3) is 1.00. The molecule has 0 aromatic rings. The van der Waals surface area contributed by atoms with Gasteiger partial charge in [-0.25, -0.2) is 0 Å². The minimum atomic E-state index is -4.10. The Morgan fingerprint density at radius 3 is 2.78 bits per heavy atom. The molecule has 1 aliphatic heterocycles. The molecular formula is C12H23F3N2S. The molecule has 0 aromatic carbocycles. The third-order valence-corrected chi connectivity index (χ3v) is 4.27. The van der Waals surface area contributed by atoms with Gasteiger partial charge in [0.2, 0.25) is 0 Å². The Labute approximate surface area is 112 Å². The zero-order valence-electron chi connectivity index (χ0n) is 11.1. The maximum atomic E-state index is 12.0. The molecule has 0 aliphatic carbocycles. The summed E-state index contributed by atoms with van der Waals surface area (Å²) in [6.07, 6.45) is 2.37. The standard InChI is InChI=1S/C12H23F3N2S/c1-3-17-7-4-5-11(9-17)10(2)16-6-8-18-12(13,14)15/h10-11,16H,3-9H2,1-2H3. The van der Waals surface area contributed by atoms with Crippen LogP contribution >= 0.6 is 11.8 Å². The topological polar surface area (TPSA) is 15.3 Å². The van der Waals surface area contributed by atoms with Crippen molar-refractivity contribution in [2.45, 2.75) is 38.2 Å². The van der Waals surface area contributed by atoms with Crippen LogP contribution in [-0.4, -0.2) is 48.4 Å². The van der Waals surface area contributed by atoms with Crippen LogP contribution in [0, 0.1) is 5.92 Å². The Morgan fingerprint density at radius 2 is 2.17 bits per heavy atom. The Balaban J connectivity index is 2.17. The number of hydrogen-bond donors (Lipinski definition) is 1. The number of likely N-dealkylation sites (tertiary alicyclic amines) is 1. The van der Waals surface area contributed by atoms with E-state index in [9.17, 15) is 13.2 Å². The maximum absolute atomic E-state index is 12.0. The number of nitrogens with one attached hydrogen (secondary N) is 1. The molecule has 0 aromatic heterocycles. The normalized spacial score (nSPS) is 24.2. The van der Waals surface area contributed by atoms with Crippen molar-refractivity contribution in [3.8, 4) is 0 Å². The molecule has 2 atom stereocenters. The molecule has 0 amide bonds. The number of nitrogens with zero attached hydrogens (tertiary/aromatic N) is 1. The largest absolute Gasteiger partial charge is 0.441 e. The summed E-state index contributed by atoms with van der Waals surface area (Å²) in [5, 5.41) is 3.22. The van der Waals surface area contributed by atoms with Crippen molar-refractivity contribution < 1.29 is 13.2 Å². The highest BCUT2D eigenvalue weighted by Gasteiger charge is 2.28. The Kier molecular flexibility index (Phi) is 6.81. The van der Waals surface area contributed by atoms with E-state index < -0.39 is 5.51 Å². The molecule has 2 unspecified atom stereocenters. The van der Waals surface area contributed by atoms with Crippen molar-refractivity contribution >= 4 is 11.8 Å². The van der Waals surface area contributed by atoms with Crippen LogP contribution in [0.1, 0.15) is 26.7 Å². The maximum Gasteiger partial charge on any atom is 0.441 e. The number of thioether (sulfide) groups is 1.